The Morgan fingerprint density at radius 3 is 2.59 bits per heavy atom. The number of halogens is 3. The lowest BCUT2D eigenvalue weighted by Gasteiger charge is -2.09. The van der Waals surface area contributed by atoms with Crippen molar-refractivity contribution in [3.05, 3.63) is 30.1 Å². The minimum Gasteiger partial charge on any atom is -0.475 e. The molecule has 0 radical (unpaired) electrons. The third kappa shape index (κ3) is 2.22. The molecule has 1 N–H and O–H groups in total. The van der Waals surface area contributed by atoms with Crippen LogP contribution in [0.1, 0.15) is 10.6 Å². The highest BCUT2D eigenvalue weighted by Crippen LogP contribution is 2.23. The standard InChI is InChI=1S/C10H7F3N2O2/c11-10(12,13)5-15-7-4-2-1-3-6(7)14-8(15)9(16)17/h1-4H,5H2,(H,16,17). The molecular formula is C10H7F3N2O2. The normalized spacial score (nSPS) is 11.9. The predicted molar refractivity (Wildman–Crippen MR) is 52.7 cm³/mol. The van der Waals surface area contributed by atoms with Gasteiger partial charge in [-0.3, -0.25) is 0 Å². The largest absolute Gasteiger partial charge is 0.475 e. The first kappa shape index (κ1) is 11.4. The van der Waals surface area contributed by atoms with E-state index in [0.29, 0.717) is 4.57 Å². The van der Waals surface area contributed by atoms with Crippen molar-refractivity contribution in [2.24, 2.45) is 0 Å². The number of aromatic carboxylic acids is 1. The van der Waals surface area contributed by atoms with E-state index in [1.165, 1.54) is 18.2 Å². The lowest BCUT2D eigenvalue weighted by molar-refractivity contribution is -0.140. The summed E-state index contributed by atoms with van der Waals surface area (Å²) in [4.78, 5) is 14.5. The molecule has 0 fully saturated rings. The SMILES string of the molecule is O=C(O)c1nc2ccccc2n1CC(F)(F)F. The molecule has 0 atom stereocenters. The molecule has 1 aromatic carbocycles. The Labute approximate surface area is 93.3 Å². The molecule has 7 heteroatoms. The van der Waals surface area contributed by atoms with Gasteiger partial charge in [-0.15, -0.1) is 0 Å². The zero-order valence-electron chi connectivity index (χ0n) is 8.40. The fraction of sp³-hybridized carbons (Fsp3) is 0.200. The highest BCUT2D eigenvalue weighted by atomic mass is 19.4. The minimum atomic E-state index is -4.49. The van der Waals surface area contributed by atoms with E-state index in [-0.39, 0.29) is 11.0 Å². The van der Waals surface area contributed by atoms with E-state index >= 15 is 0 Å². The van der Waals surface area contributed by atoms with Crippen molar-refractivity contribution in [2.75, 3.05) is 0 Å². The Bertz CT molecular complexity index is 574. The molecule has 0 spiro atoms. The first-order valence-corrected chi connectivity index (χ1v) is 4.64. The van der Waals surface area contributed by atoms with Gasteiger partial charge in [0, 0.05) is 0 Å². The Morgan fingerprint density at radius 2 is 2.00 bits per heavy atom. The van der Waals surface area contributed by atoms with Gasteiger partial charge in [0.25, 0.3) is 0 Å². The van der Waals surface area contributed by atoms with Gasteiger partial charge in [-0.05, 0) is 12.1 Å². The summed E-state index contributed by atoms with van der Waals surface area (Å²) in [7, 11) is 0. The van der Waals surface area contributed by atoms with Gasteiger partial charge >= 0.3 is 12.1 Å². The van der Waals surface area contributed by atoms with Crippen LogP contribution in [0.2, 0.25) is 0 Å². The van der Waals surface area contributed by atoms with Gasteiger partial charge in [-0.25, -0.2) is 9.78 Å². The van der Waals surface area contributed by atoms with E-state index < -0.39 is 24.5 Å². The molecule has 0 aliphatic rings. The van der Waals surface area contributed by atoms with Gasteiger partial charge in [-0.2, -0.15) is 13.2 Å². The average molecular weight is 244 g/mol. The number of carboxylic acid groups (broad SMARTS) is 1. The summed E-state index contributed by atoms with van der Waals surface area (Å²) in [6, 6.07) is 5.98. The third-order valence-electron chi connectivity index (χ3n) is 2.18. The lowest BCUT2D eigenvalue weighted by atomic mass is 10.3. The molecule has 1 aromatic heterocycles. The highest BCUT2D eigenvalue weighted by Gasteiger charge is 2.31. The molecule has 2 aromatic rings. The maximum Gasteiger partial charge on any atom is 0.406 e. The van der Waals surface area contributed by atoms with Crippen LogP contribution >= 0.6 is 0 Å². The van der Waals surface area contributed by atoms with Crippen LogP contribution in [0.15, 0.2) is 24.3 Å². The van der Waals surface area contributed by atoms with Crippen molar-refractivity contribution in [3.63, 3.8) is 0 Å². The second kappa shape index (κ2) is 3.76. The summed E-state index contributed by atoms with van der Waals surface area (Å²) in [5, 5.41) is 8.81. The highest BCUT2D eigenvalue weighted by molar-refractivity contribution is 5.89. The van der Waals surface area contributed by atoms with Crippen LogP contribution in [0.25, 0.3) is 11.0 Å². The number of aromatic nitrogens is 2. The van der Waals surface area contributed by atoms with Crippen LogP contribution in [0.3, 0.4) is 0 Å². The molecule has 0 aliphatic heterocycles. The fourth-order valence-corrected chi connectivity index (χ4v) is 1.58. The maximum absolute atomic E-state index is 12.3. The number of nitrogens with zero attached hydrogens (tertiary/aromatic N) is 2. The van der Waals surface area contributed by atoms with Crippen LogP contribution in [-0.4, -0.2) is 26.8 Å². The topological polar surface area (TPSA) is 55.1 Å². The van der Waals surface area contributed by atoms with Gasteiger partial charge < -0.3 is 9.67 Å². The van der Waals surface area contributed by atoms with Crippen LogP contribution in [0.5, 0.6) is 0 Å². The molecule has 0 saturated carbocycles. The second-order valence-corrected chi connectivity index (χ2v) is 3.43. The Kier molecular flexibility index (Phi) is 2.53. The summed E-state index contributed by atoms with van der Waals surface area (Å²) < 4.78 is 37.7. The smallest absolute Gasteiger partial charge is 0.406 e. The Morgan fingerprint density at radius 1 is 1.35 bits per heavy atom. The van der Waals surface area contributed by atoms with Gasteiger partial charge in [0.2, 0.25) is 5.82 Å². The summed E-state index contributed by atoms with van der Waals surface area (Å²) in [6.07, 6.45) is -4.49. The number of benzene rings is 1. The van der Waals surface area contributed by atoms with Crippen LogP contribution in [0, 0.1) is 0 Å². The second-order valence-electron chi connectivity index (χ2n) is 3.43. The van der Waals surface area contributed by atoms with Crippen molar-refractivity contribution in [3.8, 4) is 0 Å². The quantitative estimate of drug-likeness (QED) is 0.881. The van der Waals surface area contributed by atoms with Gasteiger partial charge in [0.05, 0.1) is 11.0 Å². The third-order valence-corrected chi connectivity index (χ3v) is 2.18. The molecular weight excluding hydrogens is 237 g/mol. The summed E-state index contributed by atoms with van der Waals surface area (Å²) in [6.45, 7) is -1.37. The number of carbonyl (C=O) groups is 1. The Hall–Kier alpha value is -2.05. The number of hydrogen-bond donors (Lipinski definition) is 1. The molecule has 0 bridgehead atoms. The van der Waals surface area contributed by atoms with E-state index in [9.17, 15) is 18.0 Å². The average Bonchev–Trinajstić information content (AvgIpc) is 2.55. The fourth-order valence-electron chi connectivity index (χ4n) is 1.58. The molecule has 17 heavy (non-hydrogen) atoms. The number of hydrogen-bond acceptors (Lipinski definition) is 2. The summed E-state index contributed by atoms with van der Waals surface area (Å²) >= 11 is 0. The molecule has 4 nitrogen and oxygen atoms in total. The van der Waals surface area contributed by atoms with Crippen molar-refractivity contribution >= 4 is 17.0 Å². The zero-order valence-corrected chi connectivity index (χ0v) is 8.40. The van der Waals surface area contributed by atoms with Crippen LogP contribution in [0.4, 0.5) is 13.2 Å². The first-order valence-electron chi connectivity index (χ1n) is 4.64. The minimum absolute atomic E-state index is 0.155. The maximum atomic E-state index is 12.3. The van der Waals surface area contributed by atoms with Gasteiger partial charge in [0.1, 0.15) is 6.54 Å². The molecule has 1 heterocycles. The molecule has 0 aliphatic carbocycles. The monoisotopic (exact) mass is 244 g/mol. The number of rotatable bonds is 2. The van der Waals surface area contributed by atoms with E-state index in [0.717, 1.165) is 0 Å². The molecule has 90 valence electrons. The number of para-hydroxylation sites is 2. The van der Waals surface area contributed by atoms with Crippen LogP contribution in [-0.2, 0) is 6.54 Å². The number of carboxylic acids is 1. The van der Waals surface area contributed by atoms with Crippen molar-refractivity contribution in [1.82, 2.24) is 9.55 Å². The molecule has 0 unspecified atom stereocenters. The van der Waals surface area contributed by atoms with Crippen molar-refractivity contribution in [1.29, 1.82) is 0 Å². The summed E-state index contributed by atoms with van der Waals surface area (Å²) in [5.74, 6) is -2.09. The number of alkyl halides is 3. The number of fused-ring (bicyclic) bond motifs is 1. The molecule has 0 saturated heterocycles. The molecule has 0 amide bonds. The van der Waals surface area contributed by atoms with Gasteiger partial charge in [-0.1, -0.05) is 12.1 Å². The molecule has 2 rings (SSSR count). The lowest BCUT2D eigenvalue weighted by Crippen LogP contribution is -2.21. The van der Waals surface area contributed by atoms with Crippen LogP contribution < -0.4 is 0 Å². The van der Waals surface area contributed by atoms with E-state index in [1.807, 2.05) is 0 Å². The van der Waals surface area contributed by atoms with Crippen molar-refractivity contribution in [2.45, 2.75) is 12.7 Å². The predicted octanol–water partition coefficient (Wildman–Crippen LogP) is 2.30. The van der Waals surface area contributed by atoms with Gasteiger partial charge in [0.15, 0.2) is 0 Å². The number of imidazole rings is 1. The first-order chi connectivity index (χ1) is 7.88. The van der Waals surface area contributed by atoms with E-state index in [2.05, 4.69) is 4.98 Å². The van der Waals surface area contributed by atoms with Crippen molar-refractivity contribution < 1.29 is 23.1 Å². The van der Waals surface area contributed by atoms with E-state index in [1.54, 1.807) is 6.07 Å². The zero-order chi connectivity index (χ0) is 12.6. The van der Waals surface area contributed by atoms with E-state index in [4.69, 9.17) is 5.11 Å². The Balaban J connectivity index is 2.64. The summed E-state index contributed by atoms with van der Waals surface area (Å²) in [5.41, 5.74) is 0.386.